The minimum absolute atomic E-state index is 0.160. The molecule has 1 amide bonds. The van der Waals surface area contributed by atoms with Gasteiger partial charge in [-0.05, 0) is 56.0 Å². The lowest BCUT2D eigenvalue weighted by atomic mass is 9.74. The fourth-order valence-corrected chi connectivity index (χ4v) is 5.38. The van der Waals surface area contributed by atoms with Crippen molar-refractivity contribution in [1.82, 2.24) is 4.31 Å². The molecule has 1 fully saturated rings. The number of sulfonamides is 1. The van der Waals surface area contributed by atoms with Gasteiger partial charge in [0.05, 0.1) is 16.9 Å². The van der Waals surface area contributed by atoms with Gasteiger partial charge in [-0.3, -0.25) is 9.59 Å². The second-order valence-electron chi connectivity index (χ2n) is 7.77. The molecule has 8 heteroatoms. The van der Waals surface area contributed by atoms with Crippen molar-refractivity contribution in [2.75, 3.05) is 25.0 Å². The van der Waals surface area contributed by atoms with Crippen LogP contribution in [-0.4, -0.2) is 44.3 Å². The van der Waals surface area contributed by atoms with Gasteiger partial charge < -0.3 is 10.1 Å². The number of benzene rings is 2. The molecule has 1 aliphatic heterocycles. The monoisotopic (exact) mass is 444 g/mol. The number of anilines is 1. The molecule has 7 nitrogen and oxygen atoms in total. The molecule has 2 aromatic rings. The number of carbonyl (C=O) groups excluding carboxylic acids is 2. The molecule has 0 aromatic heterocycles. The molecule has 0 unspecified atom stereocenters. The molecule has 0 aliphatic carbocycles. The van der Waals surface area contributed by atoms with Gasteiger partial charge in [-0.1, -0.05) is 30.3 Å². The summed E-state index contributed by atoms with van der Waals surface area (Å²) >= 11 is 0. The lowest BCUT2D eigenvalue weighted by Crippen LogP contribution is -2.48. The third-order valence-electron chi connectivity index (χ3n) is 5.59. The van der Waals surface area contributed by atoms with Gasteiger partial charge in [0, 0.05) is 25.7 Å². The highest BCUT2D eigenvalue weighted by Crippen LogP contribution is 2.38. The summed E-state index contributed by atoms with van der Waals surface area (Å²) in [4.78, 5) is 24.2. The molecule has 3 rings (SSSR count). The molecule has 0 atom stereocenters. The van der Waals surface area contributed by atoms with Crippen LogP contribution in [0.5, 0.6) is 0 Å². The lowest BCUT2D eigenvalue weighted by Gasteiger charge is -2.39. The van der Waals surface area contributed by atoms with Crippen LogP contribution in [-0.2, 0) is 30.8 Å². The van der Waals surface area contributed by atoms with Gasteiger partial charge in [-0.25, -0.2) is 8.42 Å². The van der Waals surface area contributed by atoms with Crippen molar-refractivity contribution >= 4 is 27.6 Å². The van der Waals surface area contributed by atoms with Crippen LogP contribution in [0.4, 0.5) is 5.69 Å². The zero-order valence-electron chi connectivity index (χ0n) is 17.8. The van der Waals surface area contributed by atoms with Gasteiger partial charge in [0.2, 0.25) is 15.9 Å². The lowest BCUT2D eigenvalue weighted by molar-refractivity contribution is -0.158. The Hall–Kier alpha value is -2.71. The number of amides is 1. The van der Waals surface area contributed by atoms with E-state index >= 15 is 0 Å². The Morgan fingerprint density at radius 3 is 2.19 bits per heavy atom. The fourth-order valence-electron chi connectivity index (χ4n) is 3.94. The highest BCUT2D eigenvalue weighted by Gasteiger charge is 2.45. The van der Waals surface area contributed by atoms with Crippen LogP contribution in [0.3, 0.4) is 0 Å². The number of esters is 1. The molecule has 1 saturated heterocycles. The van der Waals surface area contributed by atoms with Crippen molar-refractivity contribution in [2.24, 2.45) is 5.41 Å². The molecule has 0 bridgehead atoms. The Balaban J connectivity index is 1.76. The first-order chi connectivity index (χ1) is 14.8. The highest BCUT2D eigenvalue weighted by molar-refractivity contribution is 7.89. The summed E-state index contributed by atoms with van der Waals surface area (Å²) in [5.74, 6) is -0.490. The smallest absolute Gasteiger partial charge is 0.312 e. The average Bonchev–Trinajstić information content (AvgIpc) is 2.75. The van der Waals surface area contributed by atoms with Crippen LogP contribution >= 0.6 is 0 Å². The van der Waals surface area contributed by atoms with E-state index in [2.05, 4.69) is 5.32 Å². The van der Waals surface area contributed by atoms with Gasteiger partial charge >= 0.3 is 5.97 Å². The first-order valence-corrected chi connectivity index (χ1v) is 11.8. The third kappa shape index (κ3) is 5.32. The molecule has 1 heterocycles. The van der Waals surface area contributed by atoms with E-state index in [-0.39, 0.29) is 36.5 Å². The van der Waals surface area contributed by atoms with Crippen LogP contribution in [0, 0.1) is 5.41 Å². The molecule has 2 aromatic carbocycles. The van der Waals surface area contributed by atoms with Crippen LogP contribution in [0.25, 0.3) is 0 Å². The molecule has 1 N–H and O–H groups in total. The largest absolute Gasteiger partial charge is 0.466 e. The Kier molecular flexibility index (Phi) is 7.12. The molecule has 0 saturated carbocycles. The van der Waals surface area contributed by atoms with Crippen molar-refractivity contribution in [2.45, 2.75) is 38.0 Å². The summed E-state index contributed by atoms with van der Waals surface area (Å²) in [5, 5.41) is 2.62. The van der Waals surface area contributed by atoms with E-state index in [1.165, 1.54) is 23.4 Å². The van der Waals surface area contributed by atoms with Gasteiger partial charge in [0.1, 0.15) is 0 Å². The first kappa shape index (κ1) is 23.0. The SMILES string of the molecule is CCOC(=O)C1(Cc2ccccc2)CCN(S(=O)(=O)c2ccc(NC(C)=O)cc2)CC1. The number of piperidine rings is 1. The second-order valence-corrected chi connectivity index (χ2v) is 9.71. The van der Waals surface area contributed by atoms with Gasteiger partial charge in [-0.2, -0.15) is 4.31 Å². The molecule has 166 valence electrons. The molecule has 0 radical (unpaired) electrons. The number of nitrogens with one attached hydrogen (secondary N) is 1. The third-order valence-corrected chi connectivity index (χ3v) is 7.50. The first-order valence-electron chi connectivity index (χ1n) is 10.4. The predicted molar refractivity (Wildman–Crippen MR) is 118 cm³/mol. The number of hydrogen-bond acceptors (Lipinski definition) is 5. The summed E-state index contributed by atoms with van der Waals surface area (Å²) in [7, 11) is -3.70. The van der Waals surface area contributed by atoms with Crippen LogP contribution in [0.15, 0.2) is 59.5 Å². The molecular formula is C23H28N2O5S. The number of hydrogen-bond donors (Lipinski definition) is 1. The Morgan fingerprint density at radius 1 is 1.03 bits per heavy atom. The topological polar surface area (TPSA) is 92.8 Å². The minimum Gasteiger partial charge on any atom is -0.466 e. The van der Waals surface area contributed by atoms with Crippen molar-refractivity contribution < 1.29 is 22.7 Å². The van der Waals surface area contributed by atoms with Crippen LogP contribution < -0.4 is 5.32 Å². The number of carbonyl (C=O) groups is 2. The van der Waals surface area contributed by atoms with Crippen molar-refractivity contribution in [3.63, 3.8) is 0 Å². The summed E-state index contributed by atoms with van der Waals surface area (Å²) in [6.45, 7) is 3.93. The van der Waals surface area contributed by atoms with Gasteiger partial charge in [0.15, 0.2) is 0 Å². The quantitative estimate of drug-likeness (QED) is 0.662. The molecule has 0 spiro atoms. The van der Waals surface area contributed by atoms with E-state index < -0.39 is 15.4 Å². The van der Waals surface area contributed by atoms with E-state index in [1.54, 1.807) is 19.1 Å². The standard InChI is InChI=1S/C23H28N2O5S/c1-3-30-22(27)23(17-19-7-5-4-6-8-19)13-15-25(16-14-23)31(28,29)21-11-9-20(10-12-21)24-18(2)26/h4-12H,3,13-17H2,1-2H3,(H,24,26). The van der Waals surface area contributed by atoms with E-state index in [0.29, 0.717) is 24.9 Å². The van der Waals surface area contributed by atoms with Gasteiger partial charge in [-0.15, -0.1) is 0 Å². The normalized spacial score (nSPS) is 16.5. The fraction of sp³-hybridized carbons (Fsp3) is 0.391. The van der Waals surface area contributed by atoms with Crippen molar-refractivity contribution in [3.8, 4) is 0 Å². The molecule has 31 heavy (non-hydrogen) atoms. The Labute approximate surface area is 183 Å². The second kappa shape index (κ2) is 9.62. The van der Waals surface area contributed by atoms with E-state index in [0.717, 1.165) is 5.56 Å². The molecular weight excluding hydrogens is 416 g/mol. The zero-order chi connectivity index (χ0) is 22.5. The van der Waals surface area contributed by atoms with Crippen LogP contribution in [0.1, 0.15) is 32.3 Å². The molecule has 1 aliphatic rings. The Bertz CT molecular complexity index is 1010. The van der Waals surface area contributed by atoms with Crippen molar-refractivity contribution in [3.05, 3.63) is 60.2 Å². The predicted octanol–water partition coefficient (Wildman–Crippen LogP) is 3.22. The average molecular weight is 445 g/mol. The number of rotatable bonds is 7. The highest BCUT2D eigenvalue weighted by atomic mass is 32.2. The minimum atomic E-state index is -3.70. The maximum Gasteiger partial charge on any atom is 0.312 e. The van der Waals surface area contributed by atoms with Crippen LogP contribution in [0.2, 0.25) is 0 Å². The maximum atomic E-state index is 13.1. The zero-order valence-corrected chi connectivity index (χ0v) is 18.7. The summed E-state index contributed by atoms with van der Waals surface area (Å²) in [5.41, 5.74) is 0.827. The van der Waals surface area contributed by atoms with Gasteiger partial charge in [0.25, 0.3) is 0 Å². The summed E-state index contributed by atoms with van der Waals surface area (Å²) in [6.07, 6.45) is 1.31. The number of nitrogens with zero attached hydrogens (tertiary/aromatic N) is 1. The van der Waals surface area contributed by atoms with Crippen molar-refractivity contribution in [1.29, 1.82) is 0 Å². The maximum absolute atomic E-state index is 13.1. The van der Waals surface area contributed by atoms with E-state index in [4.69, 9.17) is 4.74 Å². The summed E-state index contributed by atoms with van der Waals surface area (Å²) < 4.78 is 33.0. The number of ether oxygens (including phenoxy) is 1. The summed E-state index contributed by atoms with van der Waals surface area (Å²) in [6, 6.07) is 15.8. The Morgan fingerprint density at radius 2 is 1.65 bits per heavy atom. The van der Waals surface area contributed by atoms with E-state index in [1.807, 2.05) is 30.3 Å². The van der Waals surface area contributed by atoms with E-state index in [9.17, 15) is 18.0 Å².